The van der Waals surface area contributed by atoms with Crippen LogP contribution in [-0.4, -0.2) is 23.5 Å². The summed E-state index contributed by atoms with van der Waals surface area (Å²) in [5.74, 6) is -0.427. The van der Waals surface area contributed by atoms with Gasteiger partial charge in [-0.05, 0) is 18.8 Å². The van der Waals surface area contributed by atoms with Crippen molar-refractivity contribution in [2.24, 2.45) is 11.8 Å². The van der Waals surface area contributed by atoms with E-state index in [1.54, 1.807) is 0 Å². The predicted molar refractivity (Wildman–Crippen MR) is 61.0 cm³/mol. The summed E-state index contributed by atoms with van der Waals surface area (Å²) < 4.78 is 0. The van der Waals surface area contributed by atoms with E-state index >= 15 is 0 Å². The van der Waals surface area contributed by atoms with Crippen LogP contribution in [0.1, 0.15) is 45.4 Å². The minimum atomic E-state index is -0.982. The number of carboxylic acid groups (broad SMARTS) is 1. The van der Waals surface area contributed by atoms with Crippen LogP contribution in [0.4, 0.5) is 0 Å². The number of nitrogens with one attached hydrogen (secondary N) is 1. The van der Waals surface area contributed by atoms with Crippen molar-refractivity contribution in [1.29, 1.82) is 0 Å². The van der Waals surface area contributed by atoms with E-state index in [1.165, 1.54) is 25.7 Å². The lowest BCUT2D eigenvalue weighted by Gasteiger charge is -2.18. The minimum Gasteiger partial charge on any atom is -0.480 e. The molecule has 4 heteroatoms. The van der Waals surface area contributed by atoms with Crippen LogP contribution < -0.4 is 5.32 Å². The van der Waals surface area contributed by atoms with E-state index in [9.17, 15) is 9.59 Å². The molecule has 1 unspecified atom stereocenters. The molecule has 4 nitrogen and oxygen atoms in total. The van der Waals surface area contributed by atoms with Crippen LogP contribution >= 0.6 is 0 Å². The number of carboxylic acids is 1. The monoisotopic (exact) mass is 227 g/mol. The summed E-state index contributed by atoms with van der Waals surface area (Å²) in [7, 11) is 0. The first-order valence-electron chi connectivity index (χ1n) is 6.13. The number of hydrogen-bond donors (Lipinski definition) is 2. The molecule has 1 saturated carbocycles. The molecule has 1 aliphatic carbocycles. The van der Waals surface area contributed by atoms with Crippen molar-refractivity contribution < 1.29 is 14.7 Å². The van der Waals surface area contributed by atoms with Crippen LogP contribution in [0.15, 0.2) is 0 Å². The molecule has 0 bridgehead atoms. The standard InChI is InChI=1S/C12H21NO3/c1-2-10(7-9-5-3-4-6-9)12(16)13-8-11(14)15/h9-10H,2-8H2,1H3,(H,13,16)(H,14,15). The first kappa shape index (κ1) is 13.0. The van der Waals surface area contributed by atoms with Gasteiger partial charge in [-0.3, -0.25) is 9.59 Å². The van der Waals surface area contributed by atoms with Gasteiger partial charge in [0, 0.05) is 5.92 Å². The molecule has 0 radical (unpaired) electrons. The van der Waals surface area contributed by atoms with Gasteiger partial charge in [0.05, 0.1) is 0 Å². The lowest BCUT2D eigenvalue weighted by Crippen LogP contribution is -2.35. The summed E-state index contributed by atoms with van der Waals surface area (Å²) in [4.78, 5) is 22.0. The Morgan fingerprint density at radius 2 is 2.00 bits per heavy atom. The van der Waals surface area contributed by atoms with Crippen molar-refractivity contribution in [2.45, 2.75) is 45.4 Å². The number of hydrogen-bond acceptors (Lipinski definition) is 2. The maximum Gasteiger partial charge on any atom is 0.322 e. The fourth-order valence-corrected chi connectivity index (χ4v) is 2.41. The van der Waals surface area contributed by atoms with Gasteiger partial charge in [-0.1, -0.05) is 32.6 Å². The maximum atomic E-state index is 11.7. The van der Waals surface area contributed by atoms with Crippen molar-refractivity contribution in [2.75, 3.05) is 6.54 Å². The van der Waals surface area contributed by atoms with Gasteiger partial charge in [-0.2, -0.15) is 0 Å². The summed E-state index contributed by atoms with van der Waals surface area (Å²) >= 11 is 0. The molecule has 1 fully saturated rings. The first-order chi connectivity index (χ1) is 7.63. The Balaban J connectivity index is 2.33. The molecule has 0 aromatic carbocycles. The van der Waals surface area contributed by atoms with Crippen LogP contribution in [0, 0.1) is 11.8 Å². The second-order valence-electron chi connectivity index (χ2n) is 4.60. The van der Waals surface area contributed by atoms with Crippen molar-refractivity contribution >= 4 is 11.9 Å². The van der Waals surface area contributed by atoms with E-state index in [1.807, 2.05) is 6.92 Å². The smallest absolute Gasteiger partial charge is 0.322 e. The molecule has 1 aliphatic rings. The van der Waals surface area contributed by atoms with E-state index in [4.69, 9.17) is 5.11 Å². The summed E-state index contributed by atoms with van der Waals surface area (Å²) in [5.41, 5.74) is 0. The highest BCUT2D eigenvalue weighted by Crippen LogP contribution is 2.31. The third-order valence-electron chi connectivity index (χ3n) is 3.37. The molecule has 2 N–H and O–H groups in total. The quantitative estimate of drug-likeness (QED) is 0.727. The van der Waals surface area contributed by atoms with Gasteiger partial charge in [0.25, 0.3) is 0 Å². The molecule has 0 saturated heterocycles. The van der Waals surface area contributed by atoms with E-state index < -0.39 is 5.97 Å². The molecule has 92 valence electrons. The first-order valence-corrected chi connectivity index (χ1v) is 6.13. The lowest BCUT2D eigenvalue weighted by molar-refractivity contribution is -0.138. The summed E-state index contributed by atoms with van der Waals surface area (Å²) in [5, 5.41) is 11.0. The molecule has 1 atom stereocenters. The van der Waals surface area contributed by atoms with Gasteiger partial charge in [0.2, 0.25) is 5.91 Å². The van der Waals surface area contributed by atoms with Gasteiger partial charge in [-0.25, -0.2) is 0 Å². The van der Waals surface area contributed by atoms with Crippen molar-refractivity contribution in [1.82, 2.24) is 5.32 Å². The Kier molecular flexibility index (Phi) is 5.29. The van der Waals surface area contributed by atoms with Crippen LogP contribution in [-0.2, 0) is 9.59 Å². The Morgan fingerprint density at radius 3 is 2.50 bits per heavy atom. The normalized spacial score (nSPS) is 18.3. The minimum absolute atomic E-state index is 0.0116. The highest BCUT2D eigenvalue weighted by Gasteiger charge is 2.23. The molecule has 0 aromatic heterocycles. The van der Waals surface area contributed by atoms with Crippen LogP contribution in [0.5, 0.6) is 0 Å². The molecule has 0 heterocycles. The molecule has 0 spiro atoms. The van der Waals surface area contributed by atoms with Crippen molar-refractivity contribution in [3.05, 3.63) is 0 Å². The number of aliphatic carboxylic acids is 1. The summed E-state index contributed by atoms with van der Waals surface area (Å²) in [6.45, 7) is 1.72. The van der Waals surface area contributed by atoms with Crippen LogP contribution in [0.2, 0.25) is 0 Å². The van der Waals surface area contributed by atoms with E-state index in [2.05, 4.69) is 5.32 Å². The maximum absolute atomic E-state index is 11.7. The average Bonchev–Trinajstić information content (AvgIpc) is 2.75. The molecule has 1 rings (SSSR count). The SMILES string of the molecule is CCC(CC1CCCC1)C(=O)NCC(=O)O. The van der Waals surface area contributed by atoms with Crippen LogP contribution in [0.3, 0.4) is 0 Å². The number of carbonyl (C=O) groups excluding carboxylic acids is 1. The molecular weight excluding hydrogens is 206 g/mol. The highest BCUT2D eigenvalue weighted by molar-refractivity contribution is 5.82. The Morgan fingerprint density at radius 1 is 1.38 bits per heavy atom. The van der Waals surface area contributed by atoms with E-state index in [-0.39, 0.29) is 18.4 Å². The van der Waals surface area contributed by atoms with Gasteiger partial charge >= 0.3 is 5.97 Å². The Hall–Kier alpha value is -1.06. The fourth-order valence-electron chi connectivity index (χ4n) is 2.41. The topological polar surface area (TPSA) is 66.4 Å². The van der Waals surface area contributed by atoms with E-state index in [0.717, 1.165) is 12.8 Å². The van der Waals surface area contributed by atoms with Gasteiger partial charge in [-0.15, -0.1) is 0 Å². The zero-order valence-electron chi connectivity index (χ0n) is 9.87. The van der Waals surface area contributed by atoms with Crippen LogP contribution in [0.25, 0.3) is 0 Å². The molecule has 0 aliphatic heterocycles. The third-order valence-corrected chi connectivity index (χ3v) is 3.37. The second kappa shape index (κ2) is 6.51. The zero-order valence-corrected chi connectivity index (χ0v) is 9.87. The summed E-state index contributed by atoms with van der Waals surface area (Å²) in [6, 6.07) is 0. The fraction of sp³-hybridized carbons (Fsp3) is 0.833. The largest absolute Gasteiger partial charge is 0.480 e. The Bertz CT molecular complexity index is 247. The lowest BCUT2D eigenvalue weighted by atomic mass is 9.91. The Labute approximate surface area is 96.4 Å². The molecule has 1 amide bonds. The molecular formula is C12H21NO3. The second-order valence-corrected chi connectivity index (χ2v) is 4.60. The zero-order chi connectivity index (χ0) is 12.0. The summed E-state index contributed by atoms with van der Waals surface area (Å²) in [6.07, 6.45) is 6.71. The number of amides is 1. The third kappa shape index (κ3) is 4.21. The van der Waals surface area contributed by atoms with Gasteiger partial charge < -0.3 is 10.4 Å². The van der Waals surface area contributed by atoms with E-state index in [0.29, 0.717) is 5.92 Å². The number of rotatable bonds is 6. The molecule has 16 heavy (non-hydrogen) atoms. The van der Waals surface area contributed by atoms with Gasteiger partial charge in [0.15, 0.2) is 0 Å². The van der Waals surface area contributed by atoms with Gasteiger partial charge in [0.1, 0.15) is 6.54 Å². The highest BCUT2D eigenvalue weighted by atomic mass is 16.4. The average molecular weight is 227 g/mol. The number of carbonyl (C=O) groups is 2. The van der Waals surface area contributed by atoms with Crippen molar-refractivity contribution in [3.8, 4) is 0 Å². The molecule has 0 aromatic rings. The van der Waals surface area contributed by atoms with Crippen molar-refractivity contribution in [3.63, 3.8) is 0 Å². The predicted octanol–water partition coefficient (Wildman–Crippen LogP) is 1.79.